The van der Waals surface area contributed by atoms with Gasteiger partial charge in [0, 0.05) is 9.79 Å². The lowest BCUT2D eigenvalue weighted by Gasteiger charge is -2.05. The highest BCUT2D eigenvalue weighted by molar-refractivity contribution is 7.99. The summed E-state index contributed by atoms with van der Waals surface area (Å²) in [5.41, 5.74) is 1.65. The molecule has 3 heteroatoms. The number of rotatable bonds is 6. The second-order valence-corrected chi connectivity index (χ2v) is 5.46. The molecule has 0 unspecified atom stereocenters. The number of hydrogen-bond donors (Lipinski definition) is 1. The van der Waals surface area contributed by atoms with Crippen molar-refractivity contribution in [1.29, 1.82) is 0 Å². The van der Waals surface area contributed by atoms with Crippen molar-refractivity contribution in [2.45, 2.75) is 22.6 Å². The molecule has 2 aromatic carbocycles. The Morgan fingerprint density at radius 2 is 1.70 bits per heavy atom. The summed E-state index contributed by atoms with van der Waals surface area (Å²) >= 11 is 1.71. The van der Waals surface area contributed by atoms with Crippen LogP contribution in [0.1, 0.15) is 18.4 Å². The smallest absolute Gasteiger partial charge is 0.0870 e. The molecule has 102 valence electrons. The molecule has 0 aliphatic carbocycles. The lowest BCUT2D eigenvalue weighted by molar-refractivity contribution is 0.318. The highest BCUT2D eigenvalue weighted by Crippen LogP contribution is 2.27. The van der Waals surface area contributed by atoms with Crippen molar-refractivity contribution in [2.24, 2.45) is 5.16 Å². The second-order valence-electron chi connectivity index (χ2n) is 4.31. The number of benzene rings is 2. The third-order valence-corrected chi connectivity index (χ3v) is 3.89. The van der Waals surface area contributed by atoms with Gasteiger partial charge < -0.3 is 5.21 Å². The minimum Gasteiger partial charge on any atom is -0.411 e. The lowest BCUT2D eigenvalue weighted by Crippen LogP contribution is -2.00. The molecule has 0 atom stereocenters. The molecular weight excluding hydrogens is 266 g/mol. The summed E-state index contributed by atoms with van der Waals surface area (Å²) in [6.45, 7) is 3.68. The molecule has 0 aromatic heterocycles. The first-order chi connectivity index (χ1) is 9.83. The maximum Gasteiger partial charge on any atom is 0.0870 e. The van der Waals surface area contributed by atoms with E-state index in [1.807, 2.05) is 48.5 Å². The fourth-order valence-corrected chi connectivity index (χ4v) is 2.67. The normalized spacial score (nSPS) is 11.3. The van der Waals surface area contributed by atoms with E-state index in [1.54, 1.807) is 11.8 Å². The fraction of sp³-hybridized carbons (Fsp3) is 0.118. The molecule has 20 heavy (non-hydrogen) atoms. The molecular formula is C17H17NOS. The standard InChI is InChI=1S/C17H17NOS/c1-2-3-9-17(18-19)14-10-12-16(13-11-14)20-15-7-5-4-6-8-15/h2,4-8,10-13,19H,1,3,9H2/b18-17+. The lowest BCUT2D eigenvalue weighted by atomic mass is 10.1. The Morgan fingerprint density at radius 3 is 2.30 bits per heavy atom. The average Bonchev–Trinajstić information content (AvgIpc) is 2.50. The van der Waals surface area contributed by atoms with Crippen molar-refractivity contribution in [3.05, 3.63) is 72.8 Å². The third kappa shape index (κ3) is 4.00. The van der Waals surface area contributed by atoms with E-state index in [-0.39, 0.29) is 0 Å². The molecule has 0 radical (unpaired) electrons. The van der Waals surface area contributed by atoms with Crippen LogP contribution in [0, 0.1) is 0 Å². The minimum absolute atomic E-state index is 0.696. The number of hydrogen-bond acceptors (Lipinski definition) is 3. The molecule has 0 fully saturated rings. The topological polar surface area (TPSA) is 32.6 Å². The van der Waals surface area contributed by atoms with Gasteiger partial charge in [-0.3, -0.25) is 0 Å². The Bertz CT molecular complexity index is 576. The molecule has 0 bridgehead atoms. The molecule has 0 heterocycles. The van der Waals surface area contributed by atoms with Gasteiger partial charge in [-0.05, 0) is 42.7 Å². The Labute approximate surface area is 123 Å². The average molecular weight is 283 g/mol. The Hall–Kier alpha value is -2.00. The van der Waals surface area contributed by atoms with E-state index in [1.165, 1.54) is 9.79 Å². The monoisotopic (exact) mass is 283 g/mol. The number of oxime groups is 1. The van der Waals surface area contributed by atoms with Crippen LogP contribution in [0.5, 0.6) is 0 Å². The SMILES string of the molecule is C=CCC/C(=N\O)c1ccc(Sc2ccccc2)cc1. The Morgan fingerprint density at radius 1 is 1.05 bits per heavy atom. The van der Waals surface area contributed by atoms with Crippen molar-refractivity contribution in [2.75, 3.05) is 0 Å². The van der Waals surface area contributed by atoms with Crippen LogP contribution in [0.4, 0.5) is 0 Å². The van der Waals surface area contributed by atoms with Crippen LogP contribution in [0.15, 0.2) is 82.2 Å². The molecule has 2 aromatic rings. The number of nitrogens with zero attached hydrogens (tertiary/aromatic N) is 1. The van der Waals surface area contributed by atoms with Crippen LogP contribution < -0.4 is 0 Å². The minimum atomic E-state index is 0.696. The van der Waals surface area contributed by atoms with E-state index in [2.05, 4.69) is 23.9 Å². The first-order valence-corrected chi connectivity index (χ1v) is 7.30. The Kier molecular flexibility index (Phi) is 5.44. The highest BCUT2D eigenvalue weighted by Gasteiger charge is 2.04. The van der Waals surface area contributed by atoms with Gasteiger partial charge in [0.2, 0.25) is 0 Å². The summed E-state index contributed by atoms with van der Waals surface area (Å²) in [5, 5.41) is 12.4. The molecule has 0 aliphatic rings. The first kappa shape index (κ1) is 14.4. The van der Waals surface area contributed by atoms with Crippen LogP contribution in [0.2, 0.25) is 0 Å². The fourth-order valence-electron chi connectivity index (χ4n) is 1.83. The van der Waals surface area contributed by atoms with Gasteiger partial charge >= 0.3 is 0 Å². The molecule has 0 amide bonds. The highest BCUT2D eigenvalue weighted by atomic mass is 32.2. The van der Waals surface area contributed by atoms with E-state index in [0.29, 0.717) is 12.1 Å². The maximum absolute atomic E-state index is 9.06. The summed E-state index contributed by atoms with van der Waals surface area (Å²) in [4.78, 5) is 2.38. The predicted molar refractivity (Wildman–Crippen MR) is 84.8 cm³/mol. The third-order valence-electron chi connectivity index (χ3n) is 2.87. The van der Waals surface area contributed by atoms with E-state index in [4.69, 9.17) is 5.21 Å². The van der Waals surface area contributed by atoms with Crippen LogP contribution in [0.3, 0.4) is 0 Å². The van der Waals surface area contributed by atoms with Crippen molar-refractivity contribution in [3.63, 3.8) is 0 Å². The molecule has 0 spiro atoms. The van der Waals surface area contributed by atoms with Gasteiger partial charge in [0.05, 0.1) is 5.71 Å². The zero-order chi connectivity index (χ0) is 14.2. The Balaban J connectivity index is 2.08. The van der Waals surface area contributed by atoms with Gasteiger partial charge in [-0.1, -0.05) is 53.3 Å². The van der Waals surface area contributed by atoms with E-state index < -0.39 is 0 Å². The quantitative estimate of drug-likeness (QED) is 0.351. The van der Waals surface area contributed by atoms with Crippen LogP contribution in [0.25, 0.3) is 0 Å². The summed E-state index contributed by atoms with van der Waals surface area (Å²) in [5.74, 6) is 0. The van der Waals surface area contributed by atoms with Gasteiger partial charge in [-0.2, -0.15) is 0 Å². The summed E-state index contributed by atoms with van der Waals surface area (Å²) < 4.78 is 0. The molecule has 2 rings (SSSR count). The zero-order valence-electron chi connectivity index (χ0n) is 11.2. The van der Waals surface area contributed by atoms with E-state index >= 15 is 0 Å². The van der Waals surface area contributed by atoms with Gasteiger partial charge in [-0.25, -0.2) is 0 Å². The predicted octanol–water partition coefficient (Wildman–Crippen LogP) is 4.98. The van der Waals surface area contributed by atoms with Gasteiger partial charge in [0.15, 0.2) is 0 Å². The van der Waals surface area contributed by atoms with Crippen molar-refractivity contribution < 1.29 is 5.21 Å². The summed E-state index contributed by atoms with van der Waals surface area (Å²) in [6, 6.07) is 18.3. The zero-order valence-corrected chi connectivity index (χ0v) is 12.0. The van der Waals surface area contributed by atoms with Crippen molar-refractivity contribution in [1.82, 2.24) is 0 Å². The van der Waals surface area contributed by atoms with Crippen molar-refractivity contribution >= 4 is 17.5 Å². The van der Waals surface area contributed by atoms with Gasteiger partial charge in [0.1, 0.15) is 0 Å². The maximum atomic E-state index is 9.06. The van der Waals surface area contributed by atoms with Crippen LogP contribution in [-0.4, -0.2) is 10.9 Å². The summed E-state index contributed by atoms with van der Waals surface area (Å²) in [7, 11) is 0. The molecule has 0 saturated heterocycles. The molecule has 1 N–H and O–H groups in total. The molecule has 2 nitrogen and oxygen atoms in total. The second kappa shape index (κ2) is 7.56. The van der Waals surface area contributed by atoms with Gasteiger partial charge in [-0.15, -0.1) is 6.58 Å². The van der Waals surface area contributed by atoms with E-state index in [9.17, 15) is 0 Å². The first-order valence-electron chi connectivity index (χ1n) is 6.48. The van der Waals surface area contributed by atoms with Crippen LogP contribution >= 0.6 is 11.8 Å². The van der Waals surface area contributed by atoms with Crippen LogP contribution in [-0.2, 0) is 0 Å². The molecule has 0 aliphatic heterocycles. The van der Waals surface area contributed by atoms with Crippen molar-refractivity contribution in [3.8, 4) is 0 Å². The largest absolute Gasteiger partial charge is 0.411 e. The number of allylic oxidation sites excluding steroid dienone is 1. The summed E-state index contributed by atoms with van der Waals surface area (Å²) in [6.07, 6.45) is 3.33. The molecule has 0 saturated carbocycles. The van der Waals surface area contributed by atoms with Gasteiger partial charge in [0.25, 0.3) is 0 Å². The van der Waals surface area contributed by atoms with E-state index in [0.717, 1.165) is 12.0 Å².